The van der Waals surface area contributed by atoms with E-state index < -0.39 is 6.36 Å². The van der Waals surface area contributed by atoms with Gasteiger partial charge < -0.3 is 14.6 Å². The summed E-state index contributed by atoms with van der Waals surface area (Å²) in [5, 5.41) is 10.2. The number of hydrogen-bond acceptors (Lipinski definition) is 6. The molecule has 6 nitrogen and oxygen atoms in total. The minimum absolute atomic E-state index is 0.0665. The van der Waals surface area contributed by atoms with Gasteiger partial charge in [-0.15, -0.1) is 13.2 Å². The molecule has 32 heavy (non-hydrogen) atoms. The van der Waals surface area contributed by atoms with Gasteiger partial charge >= 0.3 is 6.36 Å². The Bertz CT molecular complexity index is 1380. The summed E-state index contributed by atoms with van der Waals surface area (Å²) in [7, 11) is 1.45. The van der Waals surface area contributed by atoms with Crippen LogP contribution in [-0.2, 0) is 6.42 Å². The van der Waals surface area contributed by atoms with Gasteiger partial charge in [-0.25, -0.2) is 4.98 Å². The van der Waals surface area contributed by atoms with E-state index in [0.29, 0.717) is 44.0 Å². The number of ether oxygens (including phenoxy) is 2. The summed E-state index contributed by atoms with van der Waals surface area (Å²) >= 11 is 1.15. The van der Waals surface area contributed by atoms with Crippen LogP contribution in [0.1, 0.15) is 18.1 Å². The van der Waals surface area contributed by atoms with Crippen molar-refractivity contribution >= 4 is 22.4 Å². The van der Waals surface area contributed by atoms with E-state index in [-0.39, 0.29) is 17.1 Å². The second-order valence-electron chi connectivity index (χ2n) is 6.85. The van der Waals surface area contributed by atoms with Crippen LogP contribution >= 0.6 is 11.3 Å². The number of imidazole rings is 1. The molecule has 1 N–H and O–H groups in total. The number of phenols is 1. The SMILES string of the molecule is CCc1cc(/C=c2\sc3nc(-c4cccc(OC(F)(F)F)c4)cn3c2=O)cc(OC)c1O. The van der Waals surface area contributed by atoms with Gasteiger partial charge in [-0.2, -0.15) is 0 Å². The van der Waals surface area contributed by atoms with Crippen molar-refractivity contribution in [2.24, 2.45) is 0 Å². The first-order valence-electron chi connectivity index (χ1n) is 9.48. The second kappa shape index (κ2) is 8.19. The molecule has 0 atom stereocenters. The molecule has 10 heteroatoms. The van der Waals surface area contributed by atoms with Crippen LogP contribution in [-0.4, -0.2) is 28.0 Å². The molecule has 0 bridgehead atoms. The number of alkyl halides is 3. The van der Waals surface area contributed by atoms with Crippen molar-refractivity contribution in [1.29, 1.82) is 0 Å². The molecular formula is C22H17F3N2O4S. The third-order valence-electron chi connectivity index (χ3n) is 4.74. The highest BCUT2D eigenvalue weighted by Crippen LogP contribution is 2.32. The van der Waals surface area contributed by atoms with Gasteiger partial charge in [0, 0.05) is 11.8 Å². The maximum absolute atomic E-state index is 12.9. The van der Waals surface area contributed by atoms with Crippen LogP contribution < -0.4 is 19.6 Å². The number of methoxy groups -OCH3 is 1. The Balaban J connectivity index is 1.74. The molecule has 0 aliphatic carbocycles. The molecule has 4 rings (SSSR count). The maximum Gasteiger partial charge on any atom is 0.573 e. The summed E-state index contributed by atoms with van der Waals surface area (Å²) in [6.07, 6.45) is -1.05. The molecule has 0 saturated heterocycles. The second-order valence-corrected chi connectivity index (χ2v) is 7.86. The van der Waals surface area contributed by atoms with Crippen molar-refractivity contribution in [3.63, 3.8) is 0 Å². The predicted octanol–water partition coefficient (Wildman–Crippen LogP) is 4.15. The Kier molecular flexibility index (Phi) is 5.55. The summed E-state index contributed by atoms with van der Waals surface area (Å²) in [5.74, 6) is 0.0141. The molecule has 2 heterocycles. The van der Waals surface area contributed by atoms with E-state index in [2.05, 4.69) is 9.72 Å². The Morgan fingerprint density at radius 2 is 2.03 bits per heavy atom. The molecule has 0 aliphatic rings. The monoisotopic (exact) mass is 462 g/mol. The lowest BCUT2D eigenvalue weighted by molar-refractivity contribution is -0.274. The van der Waals surface area contributed by atoms with E-state index in [1.165, 1.54) is 35.9 Å². The highest BCUT2D eigenvalue weighted by atomic mass is 32.1. The van der Waals surface area contributed by atoms with Crippen molar-refractivity contribution in [2.75, 3.05) is 7.11 Å². The minimum Gasteiger partial charge on any atom is -0.504 e. The zero-order valence-corrected chi connectivity index (χ0v) is 17.8. The van der Waals surface area contributed by atoms with E-state index in [4.69, 9.17) is 4.74 Å². The number of aromatic nitrogens is 2. The topological polar surface area (TPSA) is 73.1 Å². The van der Waals surface area contributed by atoms with E-state index in [0.717, 1.165) is 11.3 Å². The first-order valence-corrected chi connectivity index (χ1v) is 10.3. The van der Waals surface area contributed by atoms with E-state index in [1.54, 1.807) is 24.3 Å². The minimum atomic E-state index is -4.80. The molecule has 166 valence electrons. The predicted molar refractivity (Wildman–Crippen MR) is 114 cm³/mol. The lowest BCUT2D eigenvalue weighted by Crippen LogP contribution is -2.22. The zero-order valence-electron chi connectivity index (χ0n) is 16.9. The van der Waals surface area contributed by atoms with Crippen LogP contribution in [0, 0.1) is 0 Å². The zero-order chi connectivity index (χ0) is 23.0. The number of rotatable bonds is 5. The quantitative estimate of drug-likeness (QED) is 0.483. The van der Waals surface area contributed by atoms with Crippen LogP contribution in [0.25, 0.3) is 22.3 Å². The standard InChI is InChI=1S/C22H17F3N2O4S/c1-3-13-7-12(8-17(30-2)19(13)28)9-18-20(29)27-11-16(26-21(27)32-18)14-5-4-6-15(10-14)31-22(23,24)25/h4-11,28H,3H2,1-2H3/b18-9-. The van der Waals surface area contributed by atoms with Gasteiger partial charge in [0.15, 0.2) is 16.5 Å². The number of thiazole rings is 1. The van der Waals surface area contributed by atoms with Crippen LogP contribution in [0.2, 0.25) is 0 Å². The molecule has 4 aromatic rings. The van der Waals surface area contributed by atoms with Gasteiger partial charge in [-0.3, -0.25) is 9.20 Å². The molecule has 0 radical (unpaired) electrons. The number of nitrogens with zero attached hydrogens (tertiary/aromatic N) is 2. The Labute approximate surface area is 183 Å². The number of benzene rings is 2. The third kappa shape index (κ3) is 4.26. The highest BCUT2D eigenvalue weighted by Gasteiger charge is 2.31. The van der Waals surface area contributed by atoms with Gasteiger partial charge in [0.1, 0.15) is 5.75 Å². The number of phenolic OH excluding ortho intramolecular Hbond substituents is 1. The number of aromatic hydroxyl groups is 1. The molecule has 0 aliphatic heterocycles. The van der Waals surface area contributed by atoms with Crippen LogP contribution in [0.15, 0.2) is 47.4 Å². The van der Waals surface area contributed by atoms with Gasteiger partial charge in [-0.1, -0.05) is 30.4 Å². The Hall–Kier alpha value is -3.53. The van der Waals surface area contributed by atoms with E-state index >= 15 is 0 Å². The summed E-state index contributed by atoms with van der Waals surface area (Å²) in [5.41, 5.74) is 1.81. The number of halogens is 3. The van der Waals surface area contributed by atoms with Gasteiger partial charge in [0.2, 0.25) is 0 Å². The molecule has 2 aromatic carbocycles. The van der Waals surface area contributed by atoms with Crippen LogP contribution in [0.5, 0.6) is 17.2 Å². The highest BCUT2D eigenvalue weighted by molar-refractivity contribution is 7.15. The van der Waals surface area contributed by atoms with Gasteiger partial charge in [-0.05, 0) is 47.9 Å². The van der Waals surface area contributed by atoms with Crippen molar-refractivity contribution in [3.8, 4) is 28.5 Å². The molecule has 0 fully saturated rings. The fourth-order valence-electron chi connectivity index (χ4n) is 3.27. The lowest BCUT2D eigenvalue weighted by atomic mass is 10.1. The lowest BCUT2D eigenvalue weighted by Gasteiger charge is -2.09. The third-order valence-corrected chi connectivity index (χ3v) is 5.73. The molecule has 0 amide bonds. The van der Waals surface area contributed by atoms with Crippen LogP contribution in [0.4, 0.5) is 13.2 Å². The van der Waals surface area contributed by atoms with Crippen LogP contribution in [0.3, 0.4) is 0 Å². The fourth-order valence-corrected chi connectivity index (χ4v) is 4.23. The Morgan fingerprint density at radius 1 is 1.25 bits per heavy atom. The van der Waals surface area contributed by atoms with E-state index in [1.807, 2.05) is 6.92 Å². The first kappa shape index (κ1) is 21.7. The van der Waals surface area contributed by atoms with Crippen molar-refractivity contribution < 1.29 is 27.8 Å². The normalized spacial score (nSPS) is 12.5. The summed E-state index contributed by atoms with van der Waals surface area (Å²) in [6.45, 7) is 1.90. The summed E-state index contributed by atoms with van der Waals surface area (Å²) in [6, 6.07) is 8.82. The number of aryl methyl sites for hydroxylation is 1. The Morgan fingerprint density at radius 3 is 2.69 bits per heavy atom. The first-order chi connectivity index (χ1) is 15.2. The summed E-state index contributed by atoms with van der Waals surface area (Å²) < 4.78 is 48.4. The molecule has 0 saturated carbocycles. The van der Waals surface area contributed by atoms with Gasteiger partial charge in [0.25, 0.3) is 5.56 Å². The fraction of sp³-hybridized carbons (Fsp3) is 0.182. The van der Waals surface area contributed by atoms with E-state index in [9.17, 15) is 23.1 Å². The summed E-state index contributed by atoms with van der Waals surface area (Å²) in [4.78, 5) is 17.6. The van der Waals surface area contributed by atoms with Crippen molar-refractivity contribution in [2.45, 2.75) is 19.7 Å². The molecule has 2 aromatic heterocycles. The van der Waals surface area contributed by atoms with Crippen molar-refractivity contribution in [3.05, 3.63) is 68.6 Å². The largest absolute Gasteiger partial charge is 0.573 e. The number of fused-ring (bicyclic) bond motifs is 1. The molecular weight excluding hydrogens is 445 g/mol. The maximum atomic E-state index is 12.9. The molecule has 0 unspecified atom stereocenters. The smallest absolute Gasteiger partial charge is 0.504 e. The average Bonchev–Trinajstić information content (AvgIpc) is 3.27. The van der Waals surface area contributed by atoms with Gasteiger partial charge in [0.05, 0.1) is 17.3 Å². The average molecular weight is 462 g/mol. The number of hydrogen-bond donors (Lipinski definition) is 1. The van der Waals surface area contributed by atoms with Crippen molar-refractivity contribution in [1.82, 2.24) is 9.38 Å². The molecule has 0 spiro atoms.